The number of benzene rings is 4. The number of nitrogens with zero attached hydrogens (tertiary/aromatic N) is 1. The van der Waals surface area contributed by atoms with Crippen LogP contribution >= 0.6 is 0 Å². The van der Waals surface area contributed by atoms with Crippen molar-refractivity contribution in [3.63, 3.8) is 0 Å². The summed E-state index contributed by atoms with van der Waals surface area (Å²) < 4.78 is 106. The van der Waals surface area contributed by atoms with Crippen molar-refractivity contribution in [3.8, 4) is 0 Å². The van der Waals surface area contributed by atoms with Crippen LogP contribution in [0.5, 0.6) is 0 Å². The van der Waals surface area contributed by atoms with Gasteiger partial charge in [-0.1, -0.05) is 86.6 Å². The second kappa shape index (κ2) is 24.3. The molecule has 0 spiro atoms. The largest absolute Gasteiger partial charge is 0.468 e. The summed E-state index contributed by atoms with van der Waals surface area (Å²) in [4.78, 5) is 83.5. The lowest BCUT2D eigenvalue weighted by Gasteiger charge is -2.51. The zero-order valence-corrected chi connectivity index (χ0v) is 40.1. The predicted molar refractivity (Wildman–Crippen MR) is 246 cm³/mol. The number of alkyl halides is 3. The first kappa shape index (κ1) is 54.2. The average molecular weight is 1010 g/mol. The number of hydrogen-bond acceptors (Lipinski definition) is 17. The van der Waals surface area contributed by atoms with Gasteiger partial charge in [0.1, 0.15) is 37.1 Å². The SMILES string of the molecule is CC[C@@H](OC(C)=O)[C@@H](OC(C)=O)C1O[C@](C)(O[C@@H]2C(OC(=O)c3ccccc3)C(O/C(=N/c3ccccc3)C(F)(F)F)OC(COC(=O)c3ccccc3)[C@H]2OC(=O)c2ccccc2)C[C@@H](OC(C)=O)C1C. The van der Waals surface area contributed by atoms with Crippen LogP contribution in [0.4, 0.5) is 18.9 Å². The van der Waals surface area contributed by atoms with Gasteiger partial charge in [-0.3, -0.25) is 14.4 Å². The molecule has 2 aliphatic heterocycles. The zero-order chi connectivity index (χ0) is 52.2. The van der Waals surface area contributed by atoms with Crippen LogP contribution in [0.2, 0.25) is 0 Å². The topological polar surface area (TPSA) is 207 Å². The molecule has 4 aromatic rings. The summed E-state index contributed by atoms with van der Waals surface area (Å²) in [5, 5.41) is 0. The minimum atomic E-state index is -5.34. The van der Waals surface area contributed by atoms with E-state index in [1.807, 2.05) is 0 Å². The number of carbonyl (C=O) groups is 6. The van der Waals surface area contributed by atoms with Crippen LogP contribution in [-0.4, -0.2) is 115 Å². The Morgan fingerprint density at radius 2 is 1.17 bits per heavy atom. The third-order valence-electron chi connectivity index (χ3n) is 11.4. The molecule has 2 saturated heterocycles. The minimum absolute atomic E-state index is 0.0222. The molecule has 384 valence electrons. The fourth-order valence-corrected chi connectivity index (χ4v) is 8.18. The maximum atomic E-state index is 15.2. The Bertz CT molecular complexity index is 2520. The molecule has 0 bridgehead atoms. The van der Waals surface area contributed by atoms with Gasteiger partial charge >= 0.3 is 42.0 Å². The molecule has 0 saturated carbocycles. The van der Waals surface area contributed by atoms with Gasteiger partial charge in [0, 0.05) is 33.1 Å². The van der Waals surface area contributed by atoms with E-state index in [9.17, 15) is 28.8 Å². The molecule has 2 heterocycles. The van der Waals surface area contributed by atoms with Crippen LogP contribution < -0.4 is 0 Å². The first-order valence-electron chi connectivity index (χ1n) is 22.9. The van der Waals surface area contributed by atoms with E-state index in [0.29, 0.717) is 0 Å². The molecule has 0 aromatic heterocycles. The van der Waals surface area contributed by atoms with Gasteiger partial charge in [0.25, 0.3) is 5.90 Å². The van der Waals surface area contributed by atoms with Gasteiger partial charge in [0.05, 0.1) is 22.4 Å². The third kappa shape index (κ3) is 14.5. The lowest BCUT2D eigenvalue weighted by molar-refractivity contribution is -0.371. The molecule has 0 N–H and O–H groups in total. The molecule has 2 fully saturated rings. The van der Waals surface area contributed by atoms with E-state index >= 15 is 13.2 Å². The van der Waals surface area contributed by atoms with Crippen molar-refractivity contribution >= 4 is 47.4 Å². The van der Waals surface area contributed by atoms with E-state index in [1.165, 1.54) is 91.9 Å². The van der Waals surface area contributed by atoms with Gasteiger partial charge in [-0.2, -0.15) is 13.2 Å². The predicted octanol–water partition coefficient (Wildman–Crippen LogP) is 8.06. The highest BCUT2D eigenvalue weighted by Gasteiger charge is 2.59. The van der Waals surface area contributed by atoms with Crippen LogP contribution in [0.25, 0.3) is 0 Å². The molecule has 72 heavy (non-hydrogen) atoms. The highest BCUT2D eigenvalue weighted by molar-refractivity contribution is 5.91. The number of hydrogen-bond donors (Lipinski definition) is 0. The molecule has 11 atom stereocenters. The molecule has 17 nitrogen and oxygen atoms in total. The minimum Gasteiger partial charge on any atom is -0.462 e. The van der Waals surface area contributed by atoms with E-state index in [2.05, 4.69) is 4.99 Å². The second-order valence-electron chi connectivity index (χ2n) is 17.0. The number of rotatable bonds is 17. The Morgan fingerprint density at radius 3 is 1.65 bits per heavy atom. The summed E-state index contributed by atoms with van der Waals surface area (Å²) in [6, 6.07) is 29.4. The van der Waals surface area contributed by atoms with Gasteiger partial charge in [-0.15, -0.1) is 0 Å². The highest BCUT2D eigenvalue weighted by Crippen LogP contribution is 2.43. The van der Waals surface area contributed by atoms with Crippen molar-refractivity contribution in [2.45, 2.75) is 121 Å². The molecule has 5 unspecified atom stereocenters. The smallest absolute Gasteiger partial charge is 0.462 e. The standard InChI is InChI=1S/C52H54F3NO16/c1-7-38(64-31(3)57)42(66-33(5)59)41-30(2)39(65-32(4)58)28-51(6,71-41)72-44-43(68-47(61)35-22-14-9-15-23-35)40(29-63-46(60)34-20-12-8-13-21-34)67-49(45(44)69-48(62)36-24-16-10-17-25-36)70-50(52(53,54)55)56-37-26-18-11-19-27-37/h8-27,30,38-45,49H,7,28-29H2,1-6H3/b56-50+/t30?,38-,39-,40?,41?,42-,43-,44+,45?,49?,51-/m1/s1. The van der Waals surface area contributed by atoms with E-state index in [4.69, 9.17) is 47.4 Å². The Hall–Kier alpha value is -7.16. The third-order valence-corrected chi connectivity index (χ3v) is 11.4. The van der Waals surface area contributed by atoms with Gasteiger partial charge < -0.3 is 47.4 Å². The second-order valence-corrected chi connectivity index (χ2v) is 17.0. The van der Waals surface area contributed by atoms with Gasteiger partial charge in [-0.05, 0) is 61.9 Å². The van der Waals surface area contributed by atoms with Crippen molar-refractivity contribution in [2.75, 3.05) is 6.61 Å². The van der Waals surface area contributed by atoms with Crippen LogP contribution in [0.1, 0.15) is 85.5 Å². The molecule has 0 amide bonds. The van der Waals surface area contributed by atoms with Gasteiger partial charge in [0.15, 0.2) is 24.1 Å². The maximum Gasteiger partial charge on any atom is 0.468 e. The Kier molecular flexibility index (Phi) is 18.3. The summed E-state index contributed by atoms with van der Waals surface area (Å²) in [5.41, 5.74) is -0.247. The highest BCUT2D eigenvalue weighted by atomic mass is 19.4. The summed E-state index contributed by atoms with van der Waals surface area (Å²) >= 11 is 0. The van der Waals surface area contributed by atoms with E-state index in [1.54, 1.807) is 50.2 Å². The molecular formula is C52H54F3NO16. The van der Waals surface area contributed by atoms with E-state index in [0.717, 1.165) is 20.8 Å². The molecule has 6 rings (SSSR count). The van der Waals surface area contributed by atoms with Crippen LogP contribution in [0, 0.1) is 5.92 Å². The number of aliphatic imine (C=N–C) groups is 1. The summed E-state index contributed by atoms with van der Waals surface area (Å²) in [7, 11) is 0. The monoisotopic (exact) mass is 1010 g/mol. The summed E-state index contributed by atoms with van der Waals surface area (Å²) in [6.45, 7) is 7.16. The molecule has 0 radical (unpaired) electrons. The fourth-order valence-electron chi connectivity index (χ4n) is 8.18. The van der Waals surface area contributed by atoms with Gasteiger partial charge in [0.2, 0.25) is 6.29 Å². The van der Waals surface area contributed by atoms with Crippen molar-refractivity contribution in [3.05, 3.63) is 138 Å². The van der Waals surface area contributed by atoms with E-state index < -0.39 is 121 Å². The average Bonchev–Trinajstić information content (AvgIpc) is 3.35. The molecule has 20 heteroatoms. The van der Waals surface area contributed by atoms with Crippen molar-refractivity contribution in [2.24, 2.45) is 10.9 Å². The molecule has 2 aliphatic rings. The number of esters is 6. The summed E-state index contributed by atoms with van der Waals surface area (Å²) in [6.07, 6.45) is -20.9. The summed E-state index contributed by atoms with van der Waals surface area (Å²) in [5.74, 6) is -10.3. The maximum absolute atomic E-state index is 15.2. The first-order chi connectivity index (χ1) is 34.2. The first-order valence-corrected chi connectivity index (χ1v) is 22.9. The number of para-hydroxylation sites is 1. The van der Waals surface area contributed by atoms with Crippen LogP contribution in [-0.2, 0) is 61.8 Å². The van der Waals surface area contributed by atoms with E-state index in [-0.39, 0.29) is 35.2 Å². The fraction of sp³-hybridized carbons (Fsp3) is 0.404. The number of ether oxygens (including phenoxy) is 10. The lowest BCUT2D eigenvalue weighted by Crippen LogP contribution is -2.66. The Morgan fingerprint density at radius 1 is 0.667 bits per heavy atom. The van der Waals surface area contributed by atoms with Gasteiger partial charge in [-0.25, -0.2) is 19.4 Å². The van der Waals surface area contributed by atoms with Crippen molar-refractivity contribution < 1.29 is 89.3 Å². The number of halogens is 3. The molecule has 0 aliphatic carbocycles. The van der Waals surface area contributed by atoms with Crippen LogP contribution in [0.3, 0.4) is 0 Å². The van der Waals surface area contributed by atoms with Crippen molar-refractivity contribution in [1.29, 1.82) is 0 Å². The Balaban J connectivity index is 1.56. The lowest BCUT2D eigenvalue weighted by atomic mass is 9.84. The van der Waals surface area contributed by atoms with Crippen molar-refractivity contribution in [1.82, 2.24) is 0 Å². The molecular weight excluding hydrogens is 952 g/mol. The van der Waals surface area contributed by atoms with Crippen LogP contribution in [0.15, 0.2) is 126 Å². The Labute approximate surface area is 412 Å². The normalized spacial score (nSPS) is 25.1. The zero-order valence-electron chi connectivity index (χ0n) is 40.1. The quantitative estimate of drug-likeness (QED) is 0.0424. The number of carbonyl (C=O) groups excluding carboxylic acids is 6. The molecule has 4 aromatic carbocycles.